The highest BCUT2D eigenvalue weighted by Crippen LogP contribution is 2.33. The Balaban J connectivity index is 1.46. The molecule has 0 unspecified atom stereocenters. The lowest BCUT2D eigenvalue weighted by molar-refractivity contribution is -0.113. The van der Waals surface area contributed by atoms with E-state index in [-0.39, 0.29) is 17.8 Å². The molecular weight excluding hydrogens is 450 g/mol. The van der Waals surface area contributed by atoms with Gasteiger partial charge >= 0.3 is 5.97 Å². The van der Waals surface area contributed by atoms with Crippen molar-refractivity contribution in [2.45, 2.75) is 57.3 Å². The molecule has 2 saturated heterocycles. The summed E-state index contributed by atoms with van der Waals surface area (Å²) in [5.41, 5.74) is 1.25. The minimum absolute atomic E-state index is 0.153. The summed E-state index contributed by atoms with van der Waals surface area (Å²) in [6.45, 7) is 7.21. The molecule has 0 aromatic carbocycles. The van der Waals surface area contributed by atoms with Gasteiger partial charge in [-0.3, -0.25) is 9.36 Å². The van der Waals surface area contributed by atoms with E-state index in [4.69, 9.17) is 9.47 Å². The Morgan fingerprint density at radius 2 is 2.03 bits per heavy atom. The van der Waals surface area contributed by atoms with E-state index in [1.54, 1.807) is 0 Å². The maximum absolute atomic E-state index is 12.7. The van der Waals surface area contributed by atoms with Crippen LogP contribution in [0.4, 0.5) is 10.9 Å². The fourth-order valence-corrected chi connectivity index (χ4v) is 5.85. The van der Waals surface area contributed by atoms with Gasteiger partial charge in [0.15, 0.2) is 5.16 Å². The summed E-state index contributed by atoms with van der Waals surface area (Å²) in [7, 11) is 1.34. The van der Waals surface area contributed by atoms with E-state index in [0.717, 1.165) is 61.8 Å². The van der Waals surface area contributed by atoms with Crippen LogP contribution in [-0.2, 0) is 20.8 Å². The lowest BCUT2D eigenvalue weighted by atomic mass is 10.1. The number of thioether (sulfide) groups is 1. The number of carbonyl (C=O) groups excluding carboxylic acids is 2. The Hall–Kier alpha value is -2.11. The number of aromatic nitrogens is 3. The van der Waals surface area contributed by atoms with Crippen molar-refractivity contribution in [2.75, 3.05) is 42.8 Å². The largest absolute Gasteiger partial charge is 0.465 e. The average Bonchev–Trinajstić information content (AvgIpc) is 3.56. The van der Waals surface area contributed by atoms with E-state index in [2.05, 4.69) is 25.0 Å². The molecule has 11 heteroatoms. The fourth-order valence-electron chi connectivity index (χ4n) is 4.05. The van der Waals surface area contributed by atoms with Gasteiger partial charge in [-0.05, 0) is 45.1 Å². The molecule has 2 aromatic heterocycles. The van der Waals surface area contributed by atoms with Crippen LogP contribution in [0.3, 0.4) is 0 Å². The highest BCUT2D eigenvalue weighted by Gasteiger charge is 2.26. The molecule has 0 spiro atoms. The number of anilines is 2. The summed E-state index contributed by atoms with van der Waals surface area (Å²) in [4.78, 5) is 28.1. The Labute approximate surface area is 195 Å². The van der Waals surface area contributed by atoms with E-state index in [9.17, 15) is 9.59 Å². The first-order valence-corrected chi connectivity index (χ1v) is 12.7. The monoisotopic (exact) mass is 479 g/mol. The number of esters is 1. The topological polar surface area (TPSA) is 98.6 Å². The van der Waals surface area contributed by atoms with Gasteiger partial charge in [-0.25, -0.2) is 4.79 Å². The van der Waals surface area contributed by atoms with Gasteiger partial charge < -0.3 is 19.7 Å². The number of nitrogens with one attached hydrogen (secondary N) is 1. The standard InChI is InChI=1S/C21H29N5O4S2/c1-13-14(2)32-18(17(13)19(28)29-3)22-16(27)12-31-21-24-23-20(25-8-4-5-9-25)26(21)11-15-7-6-10-30-15/h15H,4-12H2,1-3H3,(H,22,27)/t15-/m1/s1. The molecular formula is C21H29N5O4S2. The third kappa shape index (κ3) is 4.94. The van der Waals surface area contributed by atoms with Gasteiger partial charge in [0.1, 0.15) is 5.00 Å². The van der Waals surface area contributed by atoms with Gasteiger partial charge in [0.25, 0.3) is 0 Å². The minimum atomic E-state index is -0.443. The van der Waals surface area contributed by atoms with E-state index in [1.807, 2.05) is 13.8 Å². The first-order chi connectivity index (χ1) is 15.5. The summed E-state index contributed by atoms with van der Waals surface area (Å²) in [6, 6.07) is 0. The number of aryl methyl sites for hydroxylation is 1. The maximum Gasteiger partial charge on any atom is 0.341 e. The molecule has 9 nitrogen and oxygen atoms in total. The molecule has 0 bridgehead atoms. The fraction of sp³-hybridized carbons (Fsp3) is 0.619. The molecule has 4 rings (SSSR count). The summed E-state index contributed by atoms with van der Waals surface area (Å²) in [6.07, 6.45) is 4.55. The zero-order valence-electron chi connectivity index (χ0n) is 18.7. The SMILES string of the molecule is COC(=O)c1c(NC(=O)CSc2nnc(N3CCCC3)n2C[C@H]2CCCO2)sc(C)c1C. The minimum Gasteiger partial charge on any atom is -0.465 e. The first-order valence-electron chi connectivity index (χ1n) is 10.9. The smallest absolute Gasteiger partial charge is 0.341 e. The van der Waals surface area contributed by atoms with Crippen molar-refractivity contribution >= 4 is 45.9 Å². The zero-order valence-corrected chi connectivity index (χ0v) is 20.3. The molecule has 4 heterocycles. The quantitative estimate of drug-likeness (QED) is 0.455. The molecule has 1 N–H and O–H groups in total. The van der Waals surface area contributed by atoms with Crippen LogP contribution in [0.1, 0.15) is 46.5 Å². The molecule has 2 aliphatic heterocycles. The van der Waals surface area contributed by atoms with Gasteiger partial charge in [0.05, 0.1) is 31.1 Å². The molecule has 32 heavy (non-hydrogen) atoms. The number of thiophene rings is 1. The van der Waals surface area contributed by atoms with Crippen molar-refractivity contribution in [3.8, 4) is 0 Å². The number of hydrogen-bond donors (Lipinski definition) is 1. The van der Waals surface area contributed by atoms with Gasteiger partial charge in [-0.2, -0.15) is 0 Å². The number of amides is 1. The van der Waals surface area contributed by atoms with Gasteiger partial charge in [-0.15, -0.1) is 21.5 Å². The van der Waals surface area contributed by atoms with E-state index >= 15 is 0 Å². The van der Waals surface area contributed by atoms with Crippen molar-refractivity contribution < 1.29 is 19.1 Å². The van der Waals surface area contributed by atoms with Crippen LogP contribution in [0.15, 0.2) is 5.16 Å². The van der Waals surface area contributed by atoms with Crippen LogP contribution in [0.2, 0.25) is 0 Å². The Morgan fingerprint density at radius 3 is 2.72 bits per heavy atom. The number of methoxy groups -OCH3 is 1. The third-order valence-electron chi connectivity index (χ3n) is 5.86. The van der Waals surface area contributed by atoms with Crippen LogP contribution >= 0.6 is 23.1 Å². The van der Waals surface area contributed by atoms with Crippen LogP contribution in [0.25, 0.3) is 0 Å². The second-order valence-corrected chi connectivity index (χ2v) is 10.2. The highest BCUT2D eigenvalue weighted by molar-refractivity contribution is 7.99. The normalized spacial score (nSPS) is 18.3. The molecule has 174 valence electrons. The van der Waals surface area contributed by atoms with Crippen LogP contribution in [0, 0.1) is 13.8 Å². The van der Waals surface area contributed by atoms with Gasteiger partial charge in [0, 0.05) is 24.6 Å². The van der Waals surface area contributed by atoms with Crippen molar-refractivity contribution in [1.82, 2.24) is 14.8 Å². The van der Waals surface area contributed by atoms with Crippen molar-refractivity contribution in [3.05, 3.63) is 16.0 Å². The predicted molar refractivity (Wildman–Crippen MR) is 125 cm³/mol. The Bertz CT molecular complexity index is 977. The maximum atomic E-state index is 12.7. The molecule has 1 atom stereocenters. The van der Waals surface area contributed by atoms with E-state index < -0.39 is 5.97 Å². The third-order valence-corrected chi connectivity index (χ3v) is 7.95. The van der Waals surface area contributed by atoms with Crippen molar-refractivity contribution in [3.63, 3.8) is 0 Å². The van der Waals surface area contributed by atoms with Crippen molar-refractivity contribution in [1.29, 1.82) is 0 Å². The molecule has 0 aliphatic carbocycles. The average molecular weight is 480 g/mol. The lowest BCUT2D eigenvalue weighted by Crippen LogP contribution is -2.25. The number of ether oxygens (including phenoxy) is 2. The van der Waals surface area contributed by atoms with Gasteiger partial charge in [0.2, 0.25) is 11.9 Å². The number of nitrogens with zero attached hydrogens (tertiary/aromatic N) is 4. The number of carbonyl (C=O) groups is 2. The highest BCUT2D eigenvalue weighted by atomic mass is 32.2. The van der Waals surface area contributed by atoms with Crippen LogP contribution in [0.5, 0.6) is 0 Å². The molecule has 2 aliphatic rings. The molecule has 0 saturated carbocycles. The summed E-state index contributed by atoms with van der Waals surface area (Å²) in [5.74, 6) is 0.385. The molecule has 2 aromatic rings. The summed E-state index contributed by atoms with van der Waals surface area (Å²) < 4.78 is 12.8. The first kappa shape index (κ1) is 23.1. The Kier molecular flexibility index (Phi) is 7.37. The molecule has 0 radical (unpaired) electrons. The van der Waals surface area contributed by atoms with Crippen LogP contribution < -0.4 is 10.2 Å². The lowest BCUT2D eigenvalue weighted by Gasteiger charge is -2.20. The van der Waals surface area contributed by atoms with Crippen LogP contribution in [-0.4, -0.2) is 65.3 Å². The van der Waals surface area contributed by atoms with Crippen molar-refractivity contribution in [2.24, 2.45) is 0 Å². The predicted octanol–water partition coefficient (Wildman–Crippen LogP) is 3.25. The number of rotatable bonds is 8. The Morgan fingerprint density at radius 1 is 1.25 bits per heavy atom. The zero-order chi connectivity index (χ0) is 22.7. The second-order valence-electron chi connectivity index (χ2n) is 8.04. The van der Waals surface area contributed by atoms with E-state index in [0.29, 0.717) is 22.3 Å². The second kappa shape index (κ2) is 10.2. The number of hydrogen-bond acceptors (Lipinski definition) is 9. The summed E-state index contributed by atoms with van der Waals surface area (Å²) in [5, 5.41) is 12.9. The summed E-state index contributed by atoms with van der Waals surface area (Å²) >= 11 is 2.73. The molecule has 2 fully saturated rings. The van der Waals surface area contributed by atoms with E-state index in [1.165, 1.54) is 30.2 Å². The van der Waals surface area contributed by atoms with Gasteiger partial charge in [-0.1, -0.05) is 11.8 Å². The molecule has 1 amide bonds.